The quantitative estimate of drug-likeness (QED) is 0.0159. The molecule has 0 radical (unpaired) electrons. The van der Waals surface area contributed by atoms with Gasteiger partial charge in [0.25, 0.3) is 0 Å². The molecule has 0 spiro atoms. The summed E-state index contributed by atoms with van der Waals surface area (Å²) in [5.74, 6) is -1.92. The van der Waals surface area contributed by atoms with Gasteiger partial charge in [0.15, 0.2) is 0 Å². The predicted octanol–water partition coefficient (Wildman–Crippen LogP) is 20.4. The van der Waals surface area contributed by atoms with Crippen molar-refractivity contribution < 1.29 is 75.5 Å². The summed E-state index contributed by atoms with van der Waals surface area (Å²) in [5.41, 5.74) is 0. The molecule has 6 unspecified atom stereocenters. The van der Waals surface area contributed by atoms with Crippen molar-refractivity contribution in [3.05, 3.63) is 0 Å². The number of urea groups is 1. The van der Waals surface area contributed by atoms with Crippen LogP contribution < -0.4 is 31.9 Å². The maximum atomic E-state index is 13.6. The summed E-state index contributed by atoms with van der Waals surface area (Å²) in [5, 5.41) is 16.6. The van der Waals surface area contributed by atoms with Crippen LogP contribution in [0.4, 0.5) is 4.79 Å². The zero-order valence-electron chi connectivity index (χ0n) is 69.4. The molecular weight excluding hydrogens is 1430 g/mol. The van der Waals surface area contributed by atoms with Gasteiger partial charge in [0.2, 0.25) is 23.6 Å². The van der Waals surface area contributed by atoms with Crippen LogP contribution in [-0.4, -0.2) is 128 Å². The zero-order chi connectivity index (χ0) is 79.5. The van der Waals surface area contributed by atoms with Gasteiger partial charge in [0, 0.05) is 51.9 Å². The Morgan fingerprint density at radius 1 is 0.324 bits per heavy atom. The summed E-state index contributed by atoms with van der Waals surface area (Å²) in [6, 6.07) is -2.43. The Hall–Kier alpha value is -3.27. The highest BCUT2D eigenvalue weighted by Crippen LogP contribution is 2.44. The Morgan fingerprint density at radius 2 is 0.593 bits per heavy atom. The fourth-order valence-corrected chi connectivity index (χ4v) is 14.9. The van der Waals surface area contributed by atoms with Crippen LogP contribution in [0.25, 0.3) is 0 Å². The fourth-order valence-electron chi connectivity index (χ4n) is 13.0. The summed E-state index contributed by atoms with van der Waals surface area (Å²) in [6.07, 6.45) is 55.9. The van der Waals surface area contributed by atoms with Crippen molar-refractivity contribution >= 4 is 67.9 Å². The molecule has 0 aliphatic rings. The van der Waals surface area contributed by atoms with Crippen LogP contribution in [0.1, 0.15) is 414 Å². The Labute approximate surface area is 662 Å². The minimum absolute atomic E-state index is 0.0440. The van der Waals surface area contributed by atoms with E-state index in [1.165, 1.54) is 154 Å². The Balaban J connectivity index is 5.70. The molecule has 22 nitrogen and oxygen atoms in total. The van der Waals surface area contributed by atoms with Gasteiger partial charge in [-0.1, -0.05) is 324 Å². The molecule has 0 saturated heterocycles. The summed E-state index contributed by atoms with van der Waals surface area (Å²) < 4.78 is 46.8. The molecule has 0 aliphatic carbocycles. The van der Waals surface area contributed by atoms with Gasteiger partial charge in [0.05, 0.1) is 51.4 Å². The number of amides is 6. The molecule has 636 valence electrons. The zero-order valence-corrected chi connectivity index (χ0v) is 72.0. The van der Waals surface area contributed by atoms with Crippen LogP contribution in [-0.2, 0) is 72.7 Å². The molecule has 0 rings (SSSR count). The van der Waals surface area contributed by atoms with E-state index in [-0.39, 0.29) is 94.7 Å². The van der Waals surface area contributed by atoms with Gasteiger partial charge >= 0.3 is 32.5 Å². The van der Waals surface area contributed by atoms with Gasteiger partial charge in [-0.2, -0.15) is 0 Å². The number of unbranched alkanes of at least 4 members (excludes halogenated alkanes) is 44. The molecule has 6 amide bonds. The number of hydrogen-bond acceptors (Lipinski definition) is 15. The summed E-state index contributed by atoms with van der Waals surface area (Å²) in [4.78, 5) is 115. The van der Waals surface area contributed by atoms with E-state index in [2.05, 4.69) is 73.4 Å². The third-order valence-electron chi connectivity index (χ3n) is 19.6. The van der Waals surface area contributed by atoms with Gasteiger partial charge < -0.3 is 60.2 Å². The molecule has 108 heavy (non-hydrogen) atoms. The number of hydrogen-bond donors (Lipinski definition) is 8. The van der Waals surface area contributed by atoms with Crippen molar-refractivity contribution in [1.82, 2.24) is 31.9 Å². The Morgan fingerprint density at radius 3 is 0.907 bits per heavy atom. The molecule has 6 atom stereocenters. The van der Waals surface area contributed by atoms with Gasteiger partial charge in [0.1, 0.15) is 12.2 Å². The predicted molar refractivity (Wildman–Crippen MR) is 443 cm³/mol. The number of phosphoric ester groups is 1. The van der Waals surface area contributed by atoms with Crippen molar-refractivity contribution in [3.63, 3.8) is 0 Å². The second kappa shape index (κ2) is 76.4. The van der Waals surface area contributed by atoms with Gasteiger partial charge in [-0.25, -0.2) is 9.36 Å². The first kappa shape index (κ1) is 105. The van der Waals surface area contributed by atoms with Crippen LogP contribution in [0.5, 0.6) is 0 Å². The maximum absolute atomic E-state index is 13.6. The van der Waals surface area contributed by atoms with E-state index >= 15 is 0 Å². The largest absolute Gasteiger partial charge is 0.472 e. The van der Waals surface area contributed by atoms with Crippen molar-refractivity contribution in [2.45, 2.75) is 438 Å². The van der Waals surface area contributed by atoms with Crippen LogP contribution in [0.3, 0.4) is 0 Å². The van der Waals surface area contributed by atoms with E-state index in [1.807, 2.05) is 0 Å². The smallest absolute Gasteiger partial charge is 0.462 e. The number of rotatable bonds is 82. The second-order valence-corrected chi connectivity index (χ2v) is 34.6. The van der Waals surface area contributed by atoms with Crippen molar-refractivity contribution in [2.75, 3.05) is 52.6 Å². The number of esters is 2. The number of ether oxygens (including phenoxy) is 2. The molecule has 0 aliphatic heterocycles. The Bertz CT molecular complexity index is 2130. The molecule has 0 aromatic carbocycles. The van der Waals surface area contributed by atoms with E-state index in [0.717, 1.165) is 154 Å². The highest BCUT2D eigenvalue weighted by atomic mass is 32.5. The summed E-state index contributed by atoms with van der Waals surface area (Å²) >= 11 is 5.32. The first-order chi connectivity index (χ1) is 52.3. The van der Waals surface area contributed by atoms with Crippen LogP contribution >= 0.6 is 14.5 Å². The van der Waals surface area contributed by atoms with Gasteiger partial charge in [-0.3, -0.25) is 37.8 Å². The van der Waals surface area contributed by atoms with Crippen molar-refractivity contribution in [1.29, 1.82) is 0 Å². The lowest BCUT2D eigenvalue weighted by atomic mass is 10.0. The standard InChI is InChI=1S/C83H162N6O16P2S/c1-7-13-19-25-29-33-35-39-41-47-53-59-77(90)88-73(69-86-79(92)67-75(57-51-45-23-17-11-5)104-81(94)61-55-49-43-37-31-27-21-15-9-3)71-102-106(97,98)100-65-63-84-83(96)85-64-66-101-107(99,108)103-72-74(89-78(91)60-54-48-42-40-36-34-30-26-20-14-8-2)70-87-80(93)68-76(58-52-46-24-18-12-6)105-82(95)62-56-50-44-38-32-28-22-16-10-4/h73-76H,7-72H2,1-6H3,(H,86,92)(H,87,93)(H,88,90)(H,89,91)(H,97,98)(H,99,108)(H2,84,85,96). The monoisotopic (exact) mass is 1590 g/mol. The molecule has 0 saturated carbocycles. The lowest BCUT2D eigenvalue weighted by molar-refractivity contribution is -0.152. The Kier molecular flexibility index (Phi) is 74.1. The number of carbonyl (C=O) groups is 7. The second-order valence-electron chi connectivity index (χ2n) is 30.3. The number of phosphoric acid groups is 1. The maximum Gasteiger partial charge on any atom is 0.472 e. The van der Waals surface area contributed by atoms with Crippen molar-refractivity contribution in [3.8, 4) is 0 Å². The molecule has 0 aromatic heterocycles. The minimum Gasteiger partial charge on any atom is -0.462 e. The third kappa shape index (κ3) is 72.9. The highest BCUT2D eigenvalue weighted by Gasteiger charge is 2.27. The lowest BCUT2D eigenvalue weighted by Gasteiger charge is -2.23. The first-order valence-corrected chi connectivity index (χ1v) is 48.2. The fraction of sp³-hybridized carbons (Fsp3) is 0.916. The molecule has 25 heteroatoms. The van der Waals surface area contributed by atoms with Gasteiger partial charge in [-0.05, 0) is 63.2 Å². The first-order valence-electron chi connectivity index (χ1n) is 44.1. The van der Waals surface area contributed by atoms with E-state index in [1.54, 1.807) is 0 Å². The van der Waals surface area contributed by atoms with Crippen LogP contribution in [0.2, 0.25) is 0 Å². The normalized spacial score (nSPS) is 13.7. The van der Waals surface area contributed by atoms with E-state index < -0.39 is 64.0 Å². The molecule has 0 aromatic rings. The van der Waals surface area contributed by atoms with Crippen molar-refractivity contribution in [2.24, 2.45) is 0 Å². The summed E-state index contributed by atoms with van der Waals surface area (Å²) in [6.45, 7) is 7.11. The molecule has 0 bridgehead atoms. The molecule has 8 N–H and O–H groups in total. The SMILES string of the molecule is CCCCCCCCCCCCCC(=O)NC(CNC(=O)CC(CCCCCCC)OC(=O)CCCCCCCCCCC)COP(=O)(O)OCCNC(=O)NCCOP(O)(=S)OCC(CNC(=O)CC(CCCCCCC)OC(=O)CCCCCCCCCCC)NC(=O)CCCCCCCCCCCCC. The topological polar surface area (TPSA) is 305 Å². The molecular formula is C83H162N6O16P2S. The van der Waals surface area contributed by atoms with E-state index in [9.17, 15) is 47.9 Å². The number of nitrogens with one attached hydrogen (secondary N) is 6. The van der Waals surface area contributed by atoms with Crippen LogP contribution in [0.15, 0.2) is 0 Å². The van der Waals surface area contributed by atoms with Gasteiger partial charge in [-0.15, -0.1) is 0 Å². The third-order valence-corrected chi connectivity index (χ3v) is 22.2. The molecule has 0 fully saturated rings. The average molecular weight is 1590 g/mol. The minimum atomic E-state index is -4.77. The van der Waals surface area contributed by atoms with Crippen LogP contribution in [0, 0.1) is 0 Å². The summed E-state index contributed by atoms with van der Waals surface area (Å²) in [7, 11) is -4.77. The van der Waals surface area contributed by atoms with E-state index in [4.69, 9.17) is 39.4 Å². The number of carbonyl (C=O) groups excluding carboxylic acids is 7. The molecule has 0 heterocycles. The lowest BCUT2D eigenvalue weighted by Crippen LogP contribution is -2.46. The highest BCUT2D eigenvalue weighted by molar-refractivity contribution is 8.07. The van der Waals surface area contributed by atoms with E-state index in [0.29, 0.717) is 38.5 Å². The average Bonchev–Trinajstić information content (AvgIpc) is 0.913.